The highest BCUT2D eigenvalue weighted by molar-refractivity contribution is 9.10. The van der Waals surface area contributed by atoms with Crippen molar-refractivity contribution >= 4 is 39.6 Å². The Kier molecular flexibility index (Phi) is 8.42. The highest BCUT2D eigenvalue weighted by Crippen LogP contribution is 2.46. The lowest BCUT2D eigenvalue weighted by molar-refractivity contribution is -0.143. The molecule has 2 aliphatic rings. The van der Waals surface area contributed by atoms with Crippen LogP contribution >= 0.6 is 15.9 Å². The number of hydrogen-bond acceptors (Lipinski definition) is 6. The summed E-state index contributed by atoms with van der Waals surface area (Å²) in [6.07, 6.45) is 2.73. The maximum atomic E-state index is 12.4. The Hall–Kier alpha value is -1.48. The zero-order valence-electron chi connectivity index (χ0n) is 16.5. The van der Waals surface area contributed by atoms with E-state index in [1.54, 1.807) is 6.92 Å². The highest BCUT2D eigenvalue weighted by Gasteiger charge is 2.57. The van der Waals surface area contributed by atoms with Crippen LogP contribution in [0.25, 0.3) is 0 Å². The molecular formula is C19H30BrN3O5. The number of ether oxygens (including phenoxy) is 1. The lowest BCUT2D eigenvalue weighted by atomic mass is 9.66. The first-order valence-electron chi connectivity index (χ1n) is 9.95. The summed E-state index contributed by atoms with van der Waals surface area (Å²) < 4.78 is 5.13. The maximum absolute atomic E-state index is 12.4. The van der Waals surface area contributed by atoms with Crippen LogP contribution in [0.15, 0.2) is 0 Å². The molecule has 8 nitrogen and oxygen atoms in total. The van der Waals surface area contributed by atoms with Crippen molar-refractivity contribution in [2.24, 2.45) is 29.4 Å². The summed E-state index contributed by atoms with van der Waals surface area (Å²) in [5.74, 6) is -1.76. The molecule has 5 unspecified atom stereocenters. The highest BCUT2D eigenvalue weighted by atomic mass is 79.9. The Morgan fingerprint density at radius 1 is 1.36 bits per heavy atom. The Bertz CT molecular complexity index is 614. The molecule has 0 spiro atoms. The molecule has 1 aliphatic carbocycles. The molecule has 1 saturated carbocycles. The van der Waals surface area contributed by atoms with E-state index >= 15 is 0 Å². The summed E-state index contributed by atoms with van der Waals surface area (Å²) >= 11 is 3.27. The molecule has 0 bridgehead atoms. The third kappa shape index (κ3) is 5.11. The zero-order chi connectivity index (χ0) is 20.8. The van der Waals surface area contributed by atoms with E-state index in [0.717, 1.165) is 12.8 Å². The van der Waals surface area contributed by atoms with Gasteiger partial charge < -0.3 is 15.8 Å². The van der Waals surface area contributed by atoms with Crippen LogP contribution in [0.1, 0.15) is 39.5 Å². The average molecular weight is 460 g/mol. The standard InChI is InChI=1S/C19H30BrN3O5/c1-3-4-7-28-19(27)14(20)8-11(2)16(24)22-5-6-23-17(25)13-9-12(10-21)15(13)18(23)26/h11-15H,3-10,21H2,1-2H3,(H,22,24). The number of carbonyl (C=O) groups is 4. The van der Waals surface area contributed by atoms with Crippen LogP contribution in [0.5, 0.6) is 0 Å². The van der Waals surface area contributed by atoms with Gasteiger partial charge in [0.05, 0.1) is 18.4 Å². The maximum Gasteiger partial charge on any atom is 0.319 e. The number of nitrogens with one attached hydrogen (secondary N) is 1. The van der Waals surface area contributed by atoms with E-state index in [1.807, 2.05) is 6.92 Å². The minimum absolute atomic E-state index is 0.0917. The van der Waals surface area contributed by atoms with Gasteiger partial charge in [0.25, 0.3) is 0 Å². The summed E-state index contributed by atoms with van der Waals surface area (Å²) in [6.45, 7) is 4.88. The van der Waals surface area contributed by atoms with Gasteiger partial charge in [0.1, 0.15) is 4.83 Å². The van der Waals surface area contributed by atoms with Crippen LogP contribution in [0, 0.1) is 23.7 Å². The first kappa shape index (κ1) is 22.8. The van der Waals surface area contributed by atoms with Gasteiger partial charge in [0.2, 0.25) is 17.7 Å². The molecule has 3 amide bonds. The molecule has 2 rings (SSSR count). The number of halogens is 1. The number of rotatable bonds is 11. The molecule has 158 valence electrons. The van der Waals surface area contributed by atoms with Gasteiger partial charge >= 0.3 is 5.97 Å². The Balaban J connectivity index is 1.71. The lowest BCUT2D eigenvalue weighted by Gasteiger charge is -2.35. The van der Waals surface area contributed by atoms with Crippen LogP contribution in [-0.4, -0.2) is 59.7 Å². The summed E-state index contributed by atoms with van der Waals surface area (Å²) in [4.78, 5) is 49.4. The van der Waals surface area contributed by atoms with Gasteiger partial charge in [-0.25, -0.2) is 0 Å². The average Bonchev–Trinajstić information content (AvgIpc) is 2.81. The van der Waals surface area contributed by atoms with Gasteiger partial charge in [-0.15, -0.1) is 0 Å². The number of esters is 1. The molecule has 5 atom stereocenters. The van der Waals surface area contributed by atoms with Gasteiger partial charge in [-0.1, -0.05) is 36.2 Å². The molecule has 1 saturated heterocycles. The number of carbonyl (C=O) groups excluding carboxylic acids is 4. The number of alkyl halides is 1. The third-order valence-electron chi connectivity index (χ3n) is 5.58. The molecule has 1 aliphatic heterocycles. The molecule has 0 aromatic carbocycles. The van der Waals surface area contributed by atoms with Gasteiger partial charge in [0.15, 0.2) is 0 Å². The predicted octanol–water partition coefficient (Wildman–Crippen LogP) is 0.815. The Morgan fingerprint density at radius 3 is 2.71 bits per heavy atom. The number of nitrogens with two attached hydrogens (primary N) is 1. The Morgan fingerprint density at radius 2 is 2.07 bits per heavy atom. The summed E-state index contributed by atoms with van der Waals surface area (Å²) in [5.41, 5.74) is 5.64. The molecule has 3 N–H and O–H groups in total. The van der Waals surface area contributed by atoms with Crippen molar-refractivity contribution in [1.29, 1.82) is 0 Å². The number of unbranched alkanes of at least 4 members (excludes halogenated alkanes) is 1. The van der Waals surface area contributed by atoms with Crippen LogP contribution < -0.4 is 11.1 Å². The first-order chi connectivity index (χ1) is 13.3. The van der Waals surface area contributed by atoms with Crippen LogP contribution in [0.4, 0.5) is 0 Å². The largest absolute Gasteiger partial charge is 0.465 e. The number of likely N-dealkylation sites (tertiary alicyclic amines) is 1. The lowest BCUT2D eigenvalue weighted by Crippen LogP contribution is -2.43. The number of hydrogen-bond donors (Lipinski definition) is 2. The topological polar surface area (TPSA) is 119 Å². The molecule has 28 heavy (non-hydrogen) atoms. The predicted molar refractivity (Wildman–Crippen MR) is 106 cm³/mol. The van der Waals surface area contributed by atoms with Crippen LogP contribution in [-0.2, 0) is 23.9 Å². The summed E-state index contributed by atoms with van der Waals surface area (Å²) in [6, 6.07) is 0. The van der Waals surface area contributed by atoms with Crippen molar-refractivity contribution in [2.75, 3.05) is 26.2 Å². The SMILES string of the molecule is CCCCOC(=O)C(Br)CC(C)C(=O)NCCN1C(=O)C2CC(CN)C2C1=O. The van der Waals surface area contributed by atoms with Crippen LogP contribution in [0.3, 0.4) is 0 Å². The van der Waals surface area contributed by atoms with Crippen molar-refractivity contribution < 1.29 is 23.9 Å². The van der Waals surface area contributed by atoms with E-state index in [1.165, 1.54) is 4.90 Å². The summed E-state index contributed by atoms with van der Waals surface area (Å²) in [7, 11) is 0. The molecule has 1 heterocycles. The number of nitrogens with zero attached hydrogens (tertiary/aromatic N) is 1. The van der Waals surface area contributed by atoms with Gasteiger partial charge in [-0.3, -0.25) is 24.1 Å². The van der Waals surface area contributed by atoms with Crippen molar-refractivity contribution in [3.63, 3.8) is 0 Å². The van der Waals surface area contributed by atoms with E-state index in [2.05, 4.69) is 21.2 Å². The van der Waals surface area contributed by atoms with E-state index in [-0.39, 0.29) is 54.5 Å². The zero-order valence-corrected chi connectivity index (χ0v) is 18.1. The van der Waals surface area contributed by atoms with Crippen molar-refractivity contribution in [2.45, 2.75) is 44.4 Å². The second-order valence-electron chi connectivity index (χ2n) is 7.61. The fourth-order valence-electron chi connectivity index (χ4n) is 3.72. The van der Waals surface area contributed by atoms with Crippen molar-refractivity contribution in [3.8, 4) is 0 Å². The molecule has 2 fully saturated rings. The van der Waals surface area contributed by atoms with E-state index in [0.29, 0.717) is 26.0 Å². The molecule has 9 heteroatoms. The monoisotopic (exact) mass is 459 g/mol. The fraction of sp³-hybridized carbons (Fsp3) is 0.789. The van der Waals surface area contributed by atoms with E-state index in [4.69, 9.17) is 10.5 Å². The van der Waals surface area contributed by atoms with E-state index < -0.39 is 10.7 Å². The van der Waals surface area contributed by atoms with Gasteiger partial charge in [-0.05, 0) is 31.7 Å². The second kappa shape index (κ2) is 10.3. The fourth-order valence-corrected chi connectivity index (χ4v) is 4.41. The third-order valence-corrected chi connectivity index (χ3v) is 6.32. The Labute approximate surface area is 174 Å². The normalized spacial score (nSPS) is 25.7. The second-order valence-corrected chi connectivity index (χ2v) is 8.71. The minimum Gasteiger partial charge on any atom is -0.465 e. The van der Waals surface area contributed by atoms with Gasteiger partial charge in [0, 0.05) is 19.0 Å². The van der Waals surface area contributed by atoms with Crippen molar-refractivity contribution in [1.82, 2.24) is 10.2 Å². The number of amides is 3. The van der Waals surface area contributed by atoms with E-state index in [9.17, 15) is 19.2 Å². The minimum atomic E-state index is -0.546. The van der Waals surface area contributed by atoms with Crippen molar-refractivity contribution in [3.05, 3.63) is 0 Å². The molecule has 0 radical (unpaired) electrons. The van der Waals surface area contributed by atoms with Gasteiger partial charge in [-0.2, -0.15) is 0 Å². The smallest absolute Gasteiger partial charge is 0.319 e. The number of fused-ring (bicyclic) bond motifs is 1. The molecule has 0 aromatic rings. The molecule has 0 aromatic heterocycles. The first-order valence-corrected chi connectivity index (χ1v) is 10.9. The molecular weight excluding hydrogens is 430 g/mol. The van der Waals surface area contributed by atoms with Crippen LogP contribution in [0.2, 0.25) is 0 Å². The quantitative estimate of drug-likeness (QED) is 0.204. The number of imide groups is 1. The summed E-state index contributed by atoms with van der Waals surface area (Å²) in [5, 5.41) is 2.74.